The molecule has 0 aliphatic rings. The first-order valence-corrected chi connectivity index (χ1v) is 9.23. The van der Waals surface area contributed by atoms with Gasteiger partial charge < -0.3 is 14.5 Å². The molecule has 0 saturated heterocycles. The van der Waals surface area contributed by atoms with Crippen molar-refractivity contribution >= 4 is 11.6 Å². The average Bonchev–Trinajstić information content (AvgIpc) is 3.27. The normalized spacial score (nSPS) is 11.0. The van der Waals surface area contributed by atoms with Crippen LogP contribution < -0.4 is 10.1 Å². The molecule has 0 bridgehead atoms. The highest BCUT2D eigenvalue weighted by molar-refractivity contribution is 5.93. The van der Waals surface area contributed by atoms with Crippen molar-refractivity contribution < 1.29 is 9.53 Å². The summed E-state index contributed by atoms with van der Waals surface area (Å²) in [6.07, 6.45) is 5.18. The first-order valence-electron chi connectivity index (χ1n) is 9.23. The average molecular weight is 390 g/mol. The molecule has 1 aromatic carbocycles. The smallest absolute Gasteiger partial charge is 0.271 e. The molecular weight excluding hydrogens is 368 g/mol. The number of hydrogen-bond acceptors (Lipinski definition) is 5. The second-order valence-electron chi connectivity index (χ2n) is 6.82. The highest BCUT2D eigenvalue weighted by atomic mass is 16.5. The Morgan fingerprint density at radius 2 is 1.97 bits per heavy atom. The number of hydrogen-bond donors (Lipinski definition) is 1. The predicted molar refractivity (Wildman–Crippen MR) is 109 cm³/mol. The summed E-state index contributed by atoms with van der Waals surface area (Å²) >= 11 is 0. The molecule has 0 radical (unpaired) electrons. The van der Waals surface area contributed by atoms with Gasteiger partial charge in [-0.3, -0.25) is 14.5 Å². The molecule has 0 atom stereocenters. The molecule has 3 aromatic heterocycles. The van der Waals surface area contributed by atoms with Crippen LogP contribution in [0.1, 0.15) is 27.4 Å². The molecule has 3 heterocycles. The zero-order chi connectivity index (χ0) is 20.5. The van der Waals surface area contributed by atoms with Crippen molar-refractivity contribution in [1.82, 2.24) is 29.5 Å². The fourth-order valence-electron chi connectivity index (χ4n) is 3.31. The van der Waals surface area contributed by atoms with Gasteiger partial charge in [-0.1, -0.05) is 0 Å². The number of amides is 1. The zero-order valence-corrected chi connectivity index (χ0v) is 16.8. The van der Waals surface area contributed by atoms with Crippen LogP contribution in [-0.4, -0.2) is 37.2 Å². The van der Waals surface area contributed by atoms with Gasteiger partial charge in [-0.2, -0.15) is 5.10 Å². The SMILES string of the molecule is COc1ccc(-c2nccn3cc(C(=O)NCc4c(C)nn(C)c4C)nc23)cc1. The van der Waals surface area contributed by atoms with E-state index >= 15 is 0 Å². The van der Waals surface area contributed by atoms with Gasteiger partial charge in [0.1, 0.15) is 17.1 Å². The number of carbonyl (C=O) groups excluding carboxylic acids is 1. The Bertz CT molecular complexity index is 1190. The molecule has 4 rings (SSSR count). The van der Waals surface area contributed by atoms with Crippen LogP contribution in [0, 0.1) is 13.8 Å². The third-order valence-corrected chi connectivity index (χ3v) is 5.06. The van der Waals surface area contributed by atoms with E-state index in [4.69, 9.17) is 4.74 Å². The maximum absolute atomic E-state index is 12.7. The predicted octanol–water partition coefficient (Wildman–Crippen LogP) is 2.69. The number of aryl methyl sites for hydroxylation is 2. The molecule has 29 heavy (non-hydrogen) atoms. The quantitative estimate of drug-likeness (QED) is 0.566. The van der Waals surface area contributed by atoms with Gasteiger partial charge in [0.2, 0.25) is 0 Å². The van der Waals surface area contributed by atoms with Crippen LogP contribution >= 0.6 is 0 Å². The largest absolute Gasteiger partial charge is 0.497 e. The number of fused-ring (bicyclic) bond motifs is 1. The first kappa shape index (κ1) is 18.7. The first-order chi connectivity index (χ1) is 14.0. The minimum absolute atomic E-state index is 0.239. The Balaban J connectivity index is 1.60. The Morgan fingerprint density at radius 3 is 2.62 bits per heavy atom. The van der Waals surface area contributed by atoms with E-state index in [2.05, 4.69) is 20.4 Å². The lowest BCUT2D eigenvalue weighted by Gasteiger charge is -2.04. The van der Waals surface area contributed by atoms with Crippen LogP contribution in [0.25, 0.3) is 16.9 Å². The second-order valence-corrected chi connectivity index (χ2v) is 6.82. The fourth-order valence-corrected chi connectivity index (χ4v) is 3.31. The molecular formula is C21H22N6O2. The van der Waals surface area contributed by atoms with E-state index in [1.165, 1.54) is 0 Å². The summed E-state index contributed by atoms with van der Waals surface area (Å²) in [6.45, 7) is 4.33. The second kappa shape index (κ2) is 7.38. The van der Waals surface area contributed by atoms with Gasteiger partial charge in [-0.25, -0.2) is 4.98 Å². The highest BCUT2D eigenvalue weighted by Gasteiger charge is 2.16. The van der Waals surface area contributed by atoms with E-state index in [1.54, 1.807) is 25.7 Å². The van der Waals surface area contributed by atoms with Crippen molar-refractivity contribution in [1.29, 1.82) is 0 Å². The number of methoxy groups -OCH3 is 1. The Labute approximate surface area is 168 Å². The summed E-state index contributed by atoms with van der Waals surface area (Å²) in [4.78, 5) is 21.7. The van der Waals surface area contributed by atoms with E-state index in [-0.39, 0.29) is 5.91 Å². The molecule has 0 saturated carbocycles. The fraction of sp³-hybridized carbons (Fsp3) is 0.238. The molecule has 0 aliphatic carbocycles. The number of carbonyl (C=O) groups is 1. The molecule has 0 aliphatic heterocycles. The lowest BCUT2D eigenvalue weighted by atomic mass is 10.1. The summed E-state index contributed by atoms with van der Waals surface area (Å²) in [5.74, 6) is 0.530. The summed E-state index contributed by atoms with van der Waals surface area (Å²) < 4.78 is 8.83. The molecule has 1 amide bonds. The number of nitrogens with zero attached hydrogens (tertiary/aromatic N) is 5. The maximum Gasteiger partial charge on any atom is 0.271 e. The van der Waals surface area contributed by atoms with Gasteiger partial charge in [-0.05, 0) is 38.1 Å². The molecule has 0 spiro atoms. The van der Waals surface area contributed by atoms with Crippen LogP contribution in [0.2, 0.25) is 0 Å². The summed E-state index contributed by atoms with van der Waals surface area (Å²) in [5, 5.41) is 7.32. The summed E-state index contributed by atoms with van der Waals surface area (Å²) in [5.41, 5.74) is 5.52. The minimum atomic E-state index is -0.239. The Kier molecular flexibility index (Phi) is 4.75. The number of nitrogens with one attached hydrogen (secondary N) is 1. The summed E-state index contributed by atoms with van der Waals surface area (Å²) in [7, 11) is 3.52. The zero-order valence-electron chi connectivity index (χ0n) is 16.8. The molecule has 0 unspecified atom stereocenters. The lowest BCUT2D eigenvalue weighted by molar-refractivity contribution is 0.0946. The van der Waals surface area contributed by atoms with Crippen molar-refractivity contribution in [2.45, 2.75) is 20.4 Å². The molecule has 8 heteroatoms. The number of ether oxygens (including phenoxy) is 1. The number of imidazole rings is 1. The topological polar surface area (TPSA) is 86.3 Å². The number of benzene rings is 1. The van der Waals surface area contributed by atoms with Gasteiger partial charge >= 0.3 is 0 Å². The van der Waals surface area contributed by atoms with E-state index in [0.29, 0.717) is 23.6 Å². The van der Waals surface area contributed by atoms with E-state index in [9.17, 15) is 4.79 Å². The molecule has 0 fully saturated rings. The summed E-state index contributed by atoms with van der Waals surface area (Å²) in [6, 6.07) is 7.58. The molecule has 148 valence electrons. The van der Waals surface area contributed by atoms with Crippen molar-refractivity contribution in [3.8, 4) is 17.0 Å². The van der Waals surface area contributed by atoms with Crippen molar-refractivity contribution in [2.24, 2.45) is 7.05 Å². The van der Waals surface area contributed by atoms with Crippen LogP contribution in [0.15, 0.2) is 42.9 Å². The van der Waals surface area contributed by atoms with Crippen molar-refractivity contribution in [3.63, 3.8) is 0 Å². The van der Waals surface area contributed by atoms with Crippen molar-refractivity contribution in [3.05, 3.63) is 65.5 Å². The standard InChI is InChI=1S/C21H22N6O2/c1-13-17(14(2)26(3)25-13)11-23-21(28)18-12-27-10-9-22-19(20(27)24-18)15-5-7-16(29-4)8-6-15/h5-10,12H,11H2,1-4H3,(H,23,28). The molecule has 8 nitrogen and oxygen atoms in total. The van der Waals surface area contributed by atoms with Gasteiger partial charge in [0.05, 0.1) is 12.8 Å². The van der Waals surface area contributed by atoms with Gasteiger partial charge in [0.15, 0.2) is 5.65 Å². The van der Waals surface area contributed by atoms with Crippen LogP contribution in [0.4, 0.5) is 0 Å². The Hall–Kier alpha value is -3.68. The van der Waals surface area contributed by atoms with Crippen LogP contribution in [0.5, 0.6) is 5.75 Å². The third kappa shape index (κ3) is 3.44. The van der Waals surface area contributed by atoms with Crippen molar-refractivity contribution in [2.75, 3.05) is 7.11 Å². The highest BCUT2D eigenvalue weighted by Crippen LogP contribution is 2.24. The van der Waals surface area contributed by atoms with Gasteiger partial charge in [-0.15, -0.1) is 0 Å². The maximum atomic E-state index is 12.7. The van der Waals surface area contributed by atoms with E-state index < -0.39 is 0 Å². The number of aromatic nitrogens is 5. The van der Waals surface area contributed by atoms with E-state index in [0.717, 1.165) is 28.3 Å². The van der Waals surface area contributed by atoms with Gasteiger partial charge in [0, 0.05) is 49.0 Å². The minimum Gasteiger partial charge on any atom is -0.497 e. The van der Waals surface area contributed by atoms with Crippen LogP contribution in [0.3, 0.4) is 0 Å². The monoisotopic (exact) mass is 390 g/mol. The molecule has 1 N–H and O–H groups in total. The Morgan fingerprint density at radius 1 is 1.21 bits per heavy atom. The lowest BCUT2D eigenvalue weighted by Crippen LogP contribution is -2.23. The van der Waals surface area contributed by atoms with Crippen LogP contribution in [-0.2, 0) is 13.6 Å². The number of rotatable bonds is 5. The van der Waals surface area contributed by atoms with E-state index in [1.807, 2.05) is 54.2 Å². The molecule has 4 aromatic rings. The third-order valence-electron chi connectivity index (χ3n) is 5.06. The van der Waals surface area contributed by atoms with Gasteiger partial charge in [0.25, 0.3) is 5.91 Å².